The molecule has 0 spiro atoms. The van der Waals surface area contributed by atoms with Crippen LogP contribution in [0.1, 0.15) is 5.56 Å². The second kappa shape index (κ2) is 4.37. The van der Waals surface area contributed by atoms with Gasteiger partial charge >= 0.3 is 6.03 Å². The summed E-state index contributed by atoms with van der Waals surface area (Å²) < 4.78 is 24.6. The van der Waals surface area contributed by atoms with E-state index in [-0.39, 0.29) is 0 Å². The fourth-order valence-electron chi connectivity index (χ4n) is 1.18. The van der Waals surface area contributed by atoms with Crippen molar-refractivity contribution < 1.29 is 18.1 Å². The average molecular weight is 259 g/mol. The molecule has 3 N–H and O–H groups in total. The standard InChI is InChI=1S/C8H9N3O5S/c1-5-2-3-7(6(4-5)11(13)14)17(15,16)10-8(9)12/h2-4H,1H3,(H3,9,10,12). The molecule has 0 aliphatic rings. The summed E-state index contributed by atoms with van der Waals surface area (Å²) in [6, 6.07) is 2.21. The minimum Gasteiger partial charge on any atom is -0.351 e. The predicted octanol–water partition coefficient (Wildman–Crippen LogP) is 0.260. The number of nitro groups is 1. The van der Waals surface area contributed by atoms with Crippen LogP contribution in [-0.2, 0) is 10.0 Å². The molecule has 8 nitrogen and oxygen atoms in total. The molecule has 1 rings (SSSR count). The van der Waals surface area contributed by atoms with Crippen molar-refractivity contribution in [2.75, 3.05) is 0 Å². The minimum atomic E-state index is -4.32. The summed E-state index contributed by atoms with van der Waals surface area (Å²) in [4.78, 5) is 19.8. The van der Waals surface area contributed by atoms with E-state index in [1.807, 2.05) is 0 Å². The van der Waals surface area contributed by atoms with Crippen molar-refractivity contribution in [3.8, 4) is 0 Å². The lowest BCUT2D eigenvalue weighted by molar-refractivity contribution is -0.387. The number of sulfonamides is 1. The first-order chi connectivity index (χ1) is 7.74. The fourth-order valence-corrected chi connectivity index (χ4v) is 2.22. The second-order valence-corrected chi connectivity index (χ2v) is 4.85. The van der Waals surface area contributed by atoms with Gasteiger partial charge in [0, 0.05) is 6.07 Å². The van der Waals surface area contributed by atoms with Crippen LogP contribution >= 0.6 is 0 Å². The third-order valence-electron chi connectivity index (χ3n) is 1.84. The third kappa shape index (κ3) is 2.91. The number of carbonyl (C=O) groups excluding carboxylic acids is 1. The van der Waals surface area contributed by atoms with Crippen LogP contribution in [0, 0.1) is 17.0 Å². The maximum atomic E-state index is 11.6. The molecule has 1 aromatic carbocycles. The maximum absolute atomic E-state index is 11.6. The lowest BCUT2D eigenvalue weighted by Gasteiger charge is -2.05. The predicted molar refractivity (Wildman–Crippen MR) is 57.7 cm³/mol. The molecule has 0 radical (unpaired) electrons. The smallest absolute Gasteiger partial charge is 0.326 e. The molecule has 0 aromatic heterocycles. The van der Waals surface area contributed by atoms with E-state index in [0.717, 1.165) is 12.1 Å². The summed E-state index contributed by atoms with van der Waals surface area (Å²) in [6.07, 6.45) is 0. The lowest BCUT2D eigenvalue weighted by atomic mass is 10.2. The Bertz CT molecular complexity index is 581. The first kappa shape index (κ1) is 12.9. The zero-order valence-electron chi connectivity index (χ0n) is 8.71. The van der Waals surface area contributed by atoms with E-state index in [1.165, 1.54) is 10.8 Å². The molecule has 1 aromatic rings. The molecule has 92 valence electrons. The second-order valence-electron chi connectivity index (χ2n) is 3.20. The van der Waals surface area contributed by atoms with E-state index in [4.69, 9.17) is 0 Å². The van der Waals surface area contributed by atoms with Crippen LogP contribution in [0.5, 0.6) is 0 Å². The Balaban J connectivity index is 3.41. The third-order valence-corrected chi connectivity index (χ3v) is 3.23. The van der Waals surface area contributed by atoms with Crippen molar-refractivity contribution in [3.63, 3.8) is 0 Å². The molecule has 0 heterocycles. The number of nitro benzene ring substituents is 1. The molecule has 0 unspecified atom stereocenters. The van der Waals surface area contributed by atoms with Crippen LogP contribution in [0.3, 0.4) is 0 Å². The van der Waals surface area contributed by atoms with Gasteiger partial charge in [-0.15, -0.1) is 0 Å². The molecule has 0 bridgehead atoms. The number of benzene rings is 1. The first-order valence-corrected chi connectivity index (χ1v) is 5.79. The van der Waals surface area contributed by atoms with Crippen molar-refractivity contribution in [3.05, 3.63) is 33.9 Å². The molecule has 9 heteroatoms. The monoisotopic (exact) mass is 259 g/mol. The summed E-state index contributed by atoms with van der Waals surface area (Å²) >= 11 is 0. The van der Waals surface area contributed by atoms with Gasteiger partial charge in [0.2, 0.25) is 0 Å². The van der Waals surface area contributed by atoms with Crippen molar-refractivity contribution in [2.45, 2.75) is 11.8 Å². The molecular weight excluding hydrogens is 250 g/mol. The molecule has 0 aliphatic carbocycles. The maximum Gasteiger partial charge on any atom is 0.326 e. The Hall–Kier alpha value is -2.16. The first-order valence-electron chi connectivity index (χ1n) is 4.31. The highest BCUT2D eigenvalue weighted by molar-refractivity contribution is 7.90. The molecule has 17 heavy (non-hydrogen) atoms. The van der Waals surface area contributed by atoms with Crippen molar-refractivity contribution in [1.29, 1.82) is 0 Å². The van der Waals surface area contributed by atoms with Crippen molar-refractivity contribution >= 4 is 21.7 Å². The van der Waals surface area contributed by atoms with Crippen molar-refractivity contribution in [1.82, 2.24) is 4.72 Å². The normalized spacial score (nSPS) is 10.9. The number of nitrogens with one attached hydrogen (secondary N) is 1. The van der Waals surface area contributed by atoms with Gasteiger partial charge in [0.05, 0.1) is 4.92 Å². The fraction of sp³-hybridized carbons (Fsp3) is 0.125. The molecule has 0 atom stereocenters. The van der Waals surface area contributed by atoms with Gasteiger partial charge in [-0.25, -0.2) is 17.9 Å². The van der Waals surface area contributed by atoms with Crippen LogP contribution in [0.4, 0.5) is 10.5 Å². The number of nitrogens with zero attached hydrogens (tertiary/aromatic N) is 1. The quantitative estimate of drug-likeness (QED) is 0.593. The average Bonchev–Trinajstić information content (AvgIpc) is 2.14. The van der Waals surface area contributed by atoms with E-state index < -0.39 is 31.6 Å². The van der Waals surface area contributed by atoms with Gasteiger partial charge in [-0.2, -0.15) is 0 Å². The van der Waals surface area contributed by atoms with Crippen LogP contribution in [-0.4, -0.2) is 19.4 Å². The highest BCUT2D eigenvalue weighted by Crippen LogP contribution is 2.24. The summed E-state index contributed by atoms with van der Waals surface area (Å²) in [5, 5.41) is 10.7. The number of amides is 2. The highest BCUT2D eigenvalue weighted by Gasteiger charge is 2.26. The summed E-state index contributed by atoms with van der Waals surface area (Å²) in [5.74, 6) is 0. The Morgan fingerprint density at radius 2 is 2.06 bits per heavy atom. The van der Waals surface area contributed by atoms with E-state index in [0.29, 0.717) is 5.56 Å². The molecule has 0 saturated carbocycles. The van der Waals surface area contributed by atoms with Gasteiger partial charge in [-0.1, -0.05) is 6.07 Å². The van der Waals surface area contributed by atoms with Crippen LogP contribution in [0.2, 0.25) is 0 Å². The summed E-state index contributed by atoms with van der Waals surface area (Å²) in [6.45, 7) is 1.57. The Morgan fingerprint density at radius 1 is 1.47 bits per heavy atom. The number of urea groups is 1. The largest absolute Gasteiger partial charge is 0.351 e. The van der Waals surface area contributed by atoms with Gasteiger partial charge < -0.3 is 5.73 Å². The Labute approximate surface area is 96.6 Å². The van der Waals surface area contributed by atoms with Gasteiger partial charge in [-0.05, 0) is 18.6 Å². The van der Waals surface area contributed by atoms with Gasteiger partial charge in [0.15, 0.2) is 4.90 Å². The molecule has 2 amide bonds. The lowest BCUT2D eigenvalue weighted by Crippen LogP contribution is -2.35. The van der Waals surface area contributed by atoms with Gasteiger partial charge in [0.25, 0.3) is 15.7 Å². The van der Waals surface area contributed by atoms with Crippen LogP contribution < -0.4 is 10.5 Å². The zero-order valence-corrected chi connectivity index (χ0v) is 9.52. The number of carbonyl (C=O) groups is 1. The number of rotatable bonds is 3. The van der Waals surface area contributed by atoms with Crippen LogP contribution in [0.25, 0.3) is 0 Å². The topological polar surface area (TPSA) is 132 Å². The van der Waals surface area contributed by atoms with E-state index >= 15 is 0 Å². The molecular formula is C8H9N3O5S. The number of aryl methyl sites for hydroxylation is 1. The number of primary amides is 1. The zero-order chi connectivity index (χ0) is 13.2. The minimum absolute atomic E-state index is 0.523. The van der Waals surface area contributed by atoms with E-state index in [2.05, 4.69) is 5.73 Å². The molecule has 0 fully saturated rings. The number of hydrogen-bond acceptors (Lipinski definition) is 5. The number of hydrogen-bond donors (Lipinski definition) is 2. The SMILES string of the molecule is Cc1ccc(S(=O)(=O)NC(N)=O)c([N+](=O)[O-])c1. The van der Waals surface area contributed by atoms with Gasteiger partial charge in [0.1, 0.15) is 0 Å². The highest BCUT2D eigenvalue weighted by atomic mass is 32.2. The Morgan fingerprint density at radius 3 is 2.53 bits per heavy atom. The van der Waals surface area contributed by atoms with Gasteiger partial charge in [-0.3, -0.25) is 10.1 Å². The Kier molecular flexibility index (Phi) is 3.32. The summed E-state index contributed by atoms with van der Waals surface area (Å²) in [5.41, 5.74) is 4.58. The summed E-state index contributed by atoms with van der Waals surface area (Å²) in [7, 11) is -4.32. The van der Waals surface area contributed by atoms with E-state index in [9.17, 15) is 23.3 Å². The number of nitrogens with two attached hydrogens (primary N) is 1. The van der Waals surface area contributed by atoms with E-state index in [1.54, 1.807) is 6.92 Å². The van der Waals surface area contributed by atoms with Crippen LogP contribution in [0.15, 0.2) is 23.1 Å². The van der Waals surface area contributed by atoms with Crippen molar-refractivity contribution in [2.24, 2.45) is 5.73 Å². The molecule has 0 aliphatic heterocycles. The molecule has 0 saturated heterocycles.